The number of hydrogen-bond donors (Lipinski definition) is 3. The maximum Gasteiger partial charge on any atom is 0.329 e. The molecule has 1 amide bonds. The summed E-state index contributed by atoms with van der Waals surface area (Å²) >= 11 is 0. The van der Waals surface area contributed by atoms with Gasteiger partial charge in [-0.2, -0.15) is 0 Å². The average Bonchev–Trinajstić information content (AvgIpc) is 3.01. The fourth-order valence-electron chi connectivity index (χ4n) is 2.67. The number of ether oxygens (including phenoxy) is 2. The lowest BCUT2D eigenvalue weighted by Gasteiger charge is -2.31. The van der Waals surface area contributed by atoms with Gasteiger partial charge in [-0.05, 0) is 30.7 Å². The monoisotopic (exact) mass is 318 g/mol. The third-order valence-electron chi connectivity index (χ3n) is 3.86. The number of aromatic nitrogens is 1. The molecule has 1 saturated heterocycles. The number of benzene rings is 1. The smallest absolute Gasteiger partial charge is 0.329 e. The molecule has 2 heterocycles. The third kappa shape index (κ3) is 3.69. The summed E-state index contributed by atoms with van der Waals surface area (Å²) in [6.45, 7) is 0.375. The second-order valence-corrected chi connectivity index (χ2v) is 5.47. The number of H-pyrrole nitrogens is 1. The number of aliphatic carboxylic acids is 1. The summed E-state index contributed by atoms with van der Waals surface area (Å²) in [5.41, 5.74) is 1.52. The van der Waals surface area contributed by atoms with Crippen molar-refractivity contribution in [2.24, 2.45) is 0 Å². The molecule has 1 aromatic carbocycles. The zero-order valence-corrected chi connectivity index (χ0v) is 12.5. The van der Waals surface area contributed by atoms with Crippen LogP contribution < -0.4 is 5.32 Å². The van der Waals surface area contributed by atoms with Crippen molar-refractivity contribution in [1.82, 2.24) is 10.3 Å². The van der Waals surface area contributed by atoms with Crippen molar-refractivity contribution in [3.8, 4) is 0 Å². The van der Waals surface area contributed by atoms with E-state index in [-0.39, 0.29) is 18.6 Å². The van der Waals surface area contributed by atoms with E-state index < -0.39 is 18.7 Å². The highest BCUT2D eigenvalue weighted by Gasteiger charge is 2.28. The molecule has 3 N–H and O–H groups in total. The highest BCUT2D eigenvalue weighted by molar-refractivity contribution is 5.98. The molecule has 2 aromatic rings. The number of carboxylic acids is 1. The summed E-state index contributed by atoms with van der Waals surface area (Å²) in [4.78, 5) is 26.1. The van der Waals surface area contributed by atoms with Crippen LogP contribution in [0.2, 0.25) is 0 Å². The summed E-state index contributed by atoms with van der Waals surface area (Å²) in [5, 5.41) is 12.6. The highest BCUT2D eigenvalue weighted by atomic mass is 16.5. The number of nitrogens with one attached hydrogen (secondary N) is 2. The predicted octanol–water partition coefficient (Wildman–Crippen LogP) is 1.16. The van der Waals surface area contributed by atoms with Crippen LogP contribution in [0.25, 0.3) is 10.9 Å². The van der Waals surface area contributed by atoms with E-state index in [0.717, 1.165) is 10.9 Å². The second-order valence-electron chi connectivity index (χ2n) is 5.47. The molecule has 2 atom stereocenters. The number of amides is 1. The van der Waals surface area contributed by atoms with Crippen LogP contribution in [0.15, 0.2) is 30.5 Å². The van der Waals surface area contributed by atoms with E-state index in [2.05, 4.69) is 10.3 Å². The van der Waals surface area contributed by atoms with Crippen LogP contribution in [0.5, 0.6) is 0 Å². The van der Waals surface area contributed by atoms with Crippen molar-refractivity contribution >= 4 is 22.8 Å². The molecule has 122 valence electrons. The van der Waals surface area contributed by atoms with Crippen molar-refractivity contribution in [3.63, 3.8) is 0 Å². The Morgan fingerprint density at radius 3 is 3.09 bits per heavy atom. The van der Waals surface area contributed by atoms with Crippen LogP contribution in [-0.4, -0.2) is 53.9 Å². The number of fused-ring (bicyclic) bond motifs is 1. The number of hydrogen-bond acceptors (Lipinski definition) is 4. The first-order valence-corrected chi connectivity index (χ1v) is 7.42. The molecule has 7 nitrogen and oxygen atoms in total. The highest BCUT2D eigenvalue weighted by Crippen LogP contribution is 2.16. The standard InChI is InChI=1S/C16H18N2O5/c19-15(20)9-23-14-8-22-6-4-13(14)18-16(21)11-1-2-12-10(7-11)3-5-17-12/h1-3,5,7,13-14,17H,4,6,8-9H2,(H,18,21)(H,19,20)/t13-,14-/m1/s1. The van der Waals surface area contributed by atoms with Crippen molar-refractivity contribution < 1.29 is 24.2 Å². The number of carbonyl (C=O) groups is 2. The molecule has 0 spiro atoms. The third-order valence-corrected chi connectivity index (χ3v) is 3.86. The van der Waals surface area contributed by atoms with Gasteiger partial charge in [0.05, 0.1) is 12.6 Å². The molecule has 1 fully saturated rings. The molecule has 7 heteroatoms. The van der Waals surface area contributed by atoms with Gasteiger partial charge in [-0.25, -0.2) is 4.79 Å². The van der Waals surface area contributed by atoms with Gasteiger partial charge in [0.1, 0.15) is 12.7 Å². The Labute approximate surface area is 132 Å². The molecule has 1 aromatic heterocycles. The van der Waals surface area contributed by atoms with E-state index >= 15 is 0 Å². The summed E-state index contributed by atoms with van der Waals surface area (Å²) < 4.78 is 10.6. The molecule has 1 aliphatic heterocycles. The van der Waals surface area contributed by atoms with Gasteiger partial charge < -0.3 is 24.9 Å². The Morgan fingerprint density at radius 1 is 1.39 bits per heavy atom. The van der Waals surface area contributed by atoms with Crippen LogP contribution in [0.1, 0.15) is 16.8 Å². The van der Waals surface area contributed by atoms with Crippen LogP contribution in [0.4, 0.5) is 0 Å². The van der Waals surface area contributed by atoms with Crippen LogP contribution in [0, 0.1) is 0 Å². The quantitative estimate of drug-likeness (QED) is 0.768. The Bertz CT molecular complexity index is 711. The number of rotatable bonds is 5. The maximum atomic E-state index is 12.4. The van der Waals surface area contributed by atoms with E-state index in [1.54, 1.807) is 6.07 Å². The van der Waals surface area contributed by atoms with Gasteiger partial charge in [0.15, 0.2) is 0 Å². The molecule has 0 saturated carbocycles. The lowest BCUT2D eigenvalue weighted by atomic mass is 10.0. The van der Waals surface area contributed by atoms with Crippen molar-refractivity contribution in [2.45, 2.75) is 18.6 Å². The molecular weight excluding hydrogens is 300 g/mol. The van der Waals surface area contributed by atoms with Gasteiger partial charge >= 0.3 is 5.97 Å². The zero-order valence-electron chi connectivity index (χ0n) is 12.5. The maximum absolute atomic E-state index is 12.4. The zero-order chi connectivity index (χ0) is 16.2. The lowest BCUT2D eigenvalue weighted by molar-refractivity contribution is -0.148. The Hall–Kier alpha value is -2.38. The minimum absolute atomic E-state index is 0.205. The molecule has 0 bridgehead atoms. The molecule has 3 rings (SSSR count). The van der Waals surface area contributed by atoms with E-state index in [1.807, 2.05) is 24.4 Å². The largest absolute Gasteiger partial charge is 0.480 e. The van der Waals surface area contributed by atoms with E-state index in [0.29, 0.717) is 18.6 Å². The van der Waals surface area contributed by atoms with Crippen LogP contribution in [-0.2, 0) is 14.3 Å². The van der Waals surface area contributed by atoms with Crippen molar-refractivity contribution in [3.05, 3.63) is 36.0 Å². The molecular formula is C16H18N2O5. The van der Waals surface area contributed by atoms with Gasteiger partial charge in [-0.3, -0.25) is 4.79 Å². The van der Waals surface area contributed by atoms with Gasteiger partial charge in [-0.15, -0.1) is 0 Å². The van der Waals surface area contributed by atoms with Gasteiger partial charge in [0.2, 0.25) is 0 Å². The molecule has 0 radical (unpaired) electrons. The number of aromatic amines is 1. The van der Waals surface area contributed by atoms with E-state index in [4.69, 9.17) is 14.6 Å². The van der Waals surface area contributed by atoms with Gasteiger partial charge in [-0.1, -0.05) is 0 Å². The average molecular weight is 318 g/mol. The van der Waals surface area contributed by atoms with E-state index in [1.165, 1.54) is 0 Å². The summed E-state index contributed by atoms with van der Waals surface area (Å²) in [5.74, 6) is -1.25. The van der Waals surface area contributed by atoms with Crippen LogP contribution in [0.3, 0.4) is 0 Å². The first kappa shape index (κ1) is 15.5. The number of carboxylic acid groups (broad SMARTS) is 1. The summed E-state index contributed by atoms with van der Waals surface area (Å²) in [6.07, 6.45) is 1.95. The first-order chi connectivity index (χ1) is 11.1. The van der Waals surface area contributed by atoms with Crippen LogP contribution >= 0.6 is 0 Å². The summed E-state index contributed by atoms with van der Waals surface area (Å²) in [7, 11) is 0. The number of carbonyl (C=O) groups excluding carboxylic acids is 1. The molecule has 1 aliphatic rings. The van der Waals surface area contributed by atoms with Gasteiger partial charge in [0, 0.05) is 29.3 Å². The first-order valence-electron chi connectivity index (χ1n) is 7.42. The SMILES string of the molecule is O=C(O)CO[C@@H]1COCC[C@H]1NC(=O)c1ccc2[nH]ccc2c1. The Morgan fingerprint density at radius 2 is 2.26 bits per heavy atom. The summed E-state index contributed by atoms with van der Waals surface area (Å²) in [6, 6.07) is 7.05. The lowest BCUT2D eigenvalue weighted by Crippen LogP contribution is -2.50. The normalized spacial score (nSPS) is 21.2. The fourth-order valence-corrected chi connectivity index (χ4v) is 2.67. The predicted molar refractivity (Wildman–Crippen MR) is 82.4 cm³/mol. The van der Waals surface area contributed by atoms with Crippen molar-refractivity contribution in [2.75, 3.05) is 19.8 Å². The Balaban J connectivity index is 1.67. The minimum atomic E-state index is -1.04. The second kappa shape index (κ2) is 6.80. The molecule has 0 unspecified atom stereocenters. The molecule has 0 aliphatic carbocycles. The van der Waals surface area contributed by atoms with Gasteiger partial charge in [0.25, 0.3) is 5.91 Å². The fraction of sp³-hybridized carbons (Fsp3) is 0.375. The topological polar surface area (TPSA) is 101 Å². The minimum Gasteiger partial charge on any atom is -0.480 e. The van der Waals surface area contributed by atoms with E-state index in [9.17, 15) is 9.59 Å². The Kier molecular flexibility index (Phi) is 4.59. The molecule has 23 heavy (non-hydrogen) atoms. The van der Waals surface area contributed by atoms with Crippen molar-refractivity contribution in [1.29, 1.82) is 0 Å².